The first-order valence-corrected chi connectivity index (χ1v) is 6.19. The van der Waals surface area contributed by atoms with Gasteiger partial charge in [0, 0.05) is 11.3 Å². The molecule has 0 saturated carbocycles. The summed E-state index contributed by atoms with van der Waals surface area (Å²) in [6.45, 7) is 8.68. The van der Waals surface area contributed by atoms with Gasteiger partial charge >= 0.3 is 0 Å². The third-order valence-electron chi connectivity index (χ3n) is 2.24. The van der Waals surface area contributed by atoms with Gasteiger partial charge in [0.05, 0.1) is 10.7 Å². The molecule has 2 nitrogen and oxygen atoms in total. The molecule has 1 rings (SSSR count). The molecule has 1 N–H and O–H groups in total. The largest absolute Gasteiger partial charge is 0.317 e. The van der Waals surface area contributed by atoms with Gasteiger partial charge in [-0.05, 0) is 39.8 Å². The van der Waals surface area contributed by atoms with Gasteiger partial charge < -0.3 is 5.32 Å². The SMILES string of the molecule is CCCNCCCc1nc(C)c(C)s1. The van der Waals surface area contributed by atoms with Crippen LogP contribution in [0.3, 0.4) is 0 Å². The number of nitrogens with one attached hydrogen (secondary N) is 1. The zero-order valence-electron chi connectivity index (χ0n) is 9.39. The van der Waals surface area contributed by atoms with Gasteiger partial charge in [0.25, 0.3) is 0 Å². The van der Waals surface area contributed by atoms with E-state index in [1.54, 1.807) is 0 Å². The van der Waals surface area contributed by atoms with E-state index in [0.29, 0.717) is 0 Å². The smallest absolute Gasteiger partial charge is 0.0931 e. The zero-order chi connectivity index (χ0) is 10.4. The number of thiazole rings is 1. The first-order chi connectivity index (χ1) is 6.74. The minimum absolute atomic E-state index is 1.12. The lowest BCUT2D eigenvalue weighted by molar-refractivity contribution is 0.639. The summed E-state index contributed by atoms with van der Waals surface area (Å²) in [7, 11) is 0. The fraction of sp³-hybridized carbons (Fsp3) is 0.727. The molecular formula is C11H20N2S. The molecule has 0 radical (unpaired) electrons. The van der Waals surface area contributed by atoms with Crippen LogP contribution in [0.15, 0.2) is 0 Å². The zero-order valence-corrected chi connectivity index (χ0v) is 10.2. The van der Waals surface area contributed by atoms with Crippen LogP contribution in [-0.2, 0) is 6.42 Å². The normalized spacial score (nSPS) is 10.8. The van der Waals surface area contributed by atoms with Crippen molar-refractivity contribution in [2.75, 3.05) is 13.1 Å². The molecule has 0 aliphatic carbocycles. The third kappa shape index (κ3) is 3.76. The van der Waals surface area contributed by atoms with Crippen LogP contribution in [0, 0.1) is 13.8 Å². The first-order valence-electron chi connectivity index (χ1n) is 5.37. The maximum Gasteiger partial charge on any atom is 0.0931 e. The van der Waals surface area contributed by atoms with E-state index in [4.69, 9.17) is 0 Å². The van der Waals surface area contributed by atoms with E-state index >= 15 is 0 Å². The molecule has 0 aliphatic rings. The van der Waals surface area contributed by atoms with Gasteiger partial charge in [-0.1, -0.05) is 6.92 Å². The van der Waals surface area contributed by atoms with Crippen molar-refractivity contribution < 1.29 is 0 Å². The summed E-state index contributed by atoms with van der Waals surface area (Å²) < 4.78 is 0. The van der Waals surface area contributed by atoms with E-state index in [-0.39, 0.29) is 0 Å². The number of rotatable bonds is 6. The van der Waals surface area contributed by atoms with Gasteiger partial charge in [-0.2, -0.15) is 0 Å². The molecule has 0 amide bonds. The molecule has 3 heteroatoms. The van der Waals surface area contributed by atoms with E-state index < -0.39 is 0 Å². The lowest BCUT2D eigenvalue weighted by Gasteiger charge is -2.00. The lowest BCUT2D eigenvalue weighted by atomic mass is 10.3. The molecule has 1 aromatic heterocycles. The van der Waals surface area contributed by atoms with Crippen LogP contribution in [0.4, 0.5) is 0 Å². The standard InChI is InChI=1S/C11H20N2S/c1-4-7-12-8-5-6-11-13-9(2)10(3)14-11/h12H,4-8H2,1-3H3. The topological polar surface area (TPSA) is 24.9 Å². The molecule has 80 valence electrons. The van der Waals surface area contributed by atoms with Crippen LogP contribution in [-0.4, -0.2) is 18.1 Å². The second-order valence-corrected chi connectivity index (χ2v) is 4.89. The van der Waals surface area contributed by atoms with Crippen molar-refractivity contribution in [2.45, 2.75) is 40.0 Å². The molecule has 1 aromatic rings. The number of nitrogens with zero attached hydrogens (tertiary/aromatic N) is 1. The predicted octanol–water partition coefficient (Wildman–Crippen LogP) is 2.69. The van der Waals surface area contributed by atoms with Crippen molar-refractivity contribution in [1.29, 1.82) is 0 Å². The highest BCUT2D eigenvalue weighted by molar-refractivity contribution is 7.11. The van der Waals surface area contributed by atoms with Crippen LogP contribution < -0.4 is 5.32 Å². The second kappa shape index (κ2) is 6.14. The molecule has 0 unspecified atom stereocenters. The molecule has 0 bridgehead atoms. The highest BCUT2D eigenvalue weighted by atomic mass is 32.1. The van der Waals surface area contributed by atoms with E-state index in [9.17, 15) is 0 Å². The van der Waals surface area contributed by atoms with Gasteiger partial charge in [0.1, 0.15) is 0 Å². The minimum Gasteiger partial charge on any atom is -0.317 e. The molecule has 0 aromatic carbocycles. The summed E-state index contributed by atoms with van der Waals surface area (Å²) in [6.07, 6.45) is 3.54. The summed E-state index contributed by atoms with van der Waals surface area (Å²) in [5.74, 6) is 0. The van der Waals surface area contributed by atoms with E-state index in [2.05, 4.69) is 31.1 Å². The van der Waals surface area contributed by atoms with Crippen molar-refractivity contribution in [2.24, 2.45) is 0 Å². The fourth-order valence-corrected chi connectivity index (χ4v) is 2.29. The molecular weight excluding hydrogens is 192 g/mol. The van der Waals surface area contributed by atoms with Gasteiger partial charge in [-0.15, -0.1) is 11.3 Å². The third-order valence-corrected chi connectivity index (χ3v) is 3.38. The van der Waals surface area contributed by atoms with Crippen LogP contribution >= 0.6 is 11.3 Å². The lowest BCUT2D eigenvalue weighted by Crippen LogP contribution is -2.16. The van der Waals surface area contributed by atoms with Crippen molar-refractivity contribution >= 4 is 11.3 Å². The van der Waals surface area contributed by atoms with Crippen molar-refractivity contribution in [3.63, 3.8) is 0 Å². The number of hydrogen-bond donors (Lipinski definition) is 1. The average Bonchev–Trinajstić information content (AvgIpc) is 2.46. The molecule has 0 aliphatic heterocycles. The summed E-state index contributed by atoms with van der Waals surface area (Å²) in [5.41, 5.74) is 1.20. The van der Waals surface area contributed by atoms with Crippen LogP contribution in [0.5, 0.6) is 0 Å². The van der Waals surface area contributed by atoms with E-state index in [1.807, 2.05) is 11.3 Å². The van der Waals surface area contributed by atoms with Crippen LogP contribution in [0.2, 0.25) is 0 Å². The van der Waals surface area contributed by atoms with Crippen LogP contribution in [0.1, 0.15) is 35.3 Å². The predicted molar refractivity (Wildman–Crippen MR) is 63.1 cm³/mol. The Morgan fingerprint density at radius 2 is 2.07 bits per heavy atom. The molecule has 0 fully saturated rings. The Hall–Kier alpha value is -0.410. The molecule has 1 heterocycles. The van der Waals surface area contributed by atoms with Gasteiger partial charge in [-0.25, -0.2) is 4.98 Å². The summed E-state index contributed by atoms with van der Waals surface area (Å²) in [6, 6.07) is 0. The molecule has 14 heavy (non-hydrogen) atoms. The Morgan fingerprint density at radius 1 is 1.29 bits per heavy atom. The number of aryl methyl sites for hydroxylation is 3. The number of hydrogen-bond acceptors (Lipinski definition) is 3. The molecule has 0 spiro atoms. The van der Waals surface area contributed by atoms with Crippen molar-refractivity contribution in [1.82, 2.24) is 10.3 Å². The Morgan fingerprint density at radius 3 is 2.64 bits per heavy atom. The quantitative estimate of drug-likeness (QED) is 0.733. The van der Waals surface area contributed by atoms with Crippen molar-refractivity contribution in [3.8, 4) is 0 Å². The molecule has 0 atom stereocenters. The van der Waals surface area contributed by atoms with Crippen molar-refractivity contribution in [3.05, 3.63) is 15.6 Å². The Bertz CT molecular complexity index is 249. The van der Waals surface area contributed by atoms with Gasteiger partial charge in [0.15, 0.2) is 0 Å². The van der Waals surface area contributed by atoms with E-state index in [1.165, 1.54) is 28.4 Å². The second-order valence-electron chi connectivity index (χ2n) is 3.60. The first kappa shape index (κ1) is 11.7. The maximum absolute atomic E-state index is 4.52. The average molecular weight is 212 g/mol. The van der Waals surface area contributed by atoms with E-state index in [0.717, 1.165) is 19.5 Å². The Kier molecular flexibility index (Phi) is 5.12. The summed E-state index contributed by atoms with van der Waals surface area (Å²) in [4.78, 5) is 5.88. The van der Waals surface area contributed by atoms with Gasteiger partial charge in [-0.3, -0.25) is 0 Å². The highest BCUT2D eigenvalue weighted by Crippen LogP contribution is 2.17. The number of aromatic nitrogens is 1. The van der Waals surface area contributed by atoms with Crippen LogP contribution in [0.25, 0.3) is 0 Å². The Balaban J connectivity index is 2.18. The monoisotopic (exact) mass is 212 g/mol. The van der Waals surface area contributed by atoms with Gasteiger partial charge in [0.2, 0.25) is 0 Å². The maximum atomic E-state index is 4.52. The molecule has 0 saturated heterocycles. The highest BCUT2D eigenvalue weighted by Gasteiger charge is 2.02. The summed E-state index contributed by atoms with van der Waals surface area (Å²) >= 11 is 1.84. The summed E-state index contributed by atoms with van der Waals surface area (Å²) in [5, 5.41) is 4.69. The minimum atomic E-state index is 1.12. The fourth-order valence-electron chi connectivity index (χ4n) is 1.31. The Labute approximate surface area is 90.8 Å².